The van der Waals surface area contributed by atoms with E-state index >= 15 is 0 Å². The molecular formula is C107H99N21O6. The largest absolute Gasteiger partial charge is 0.481 e. The molecule has 668 valence electrons. The molecule has 4 amide bonds. The summed E-state index contributed by atoms with van der Waals surface area (Å²) in [6.45, 7) is 22.8. The van der Waals surface area contributed by atoms with Gasteiger partial charge in [0.15, 0.2) is 23.3 Å². The molecule has 0 radical (unpaired) electrons. The summed E-state index contributed by atoms with van der Waals surface area (Å²) in [5.74, 6) is 10.0. The molecular weight excluding hydrogens is 1680 g/mol. The summed E-state index contributed by atoms with van der Waals surface area (Å²) >= 11 is 0. The van der Waals surface area contributed by atoms with Crippen molar-refractivity contribution in [2.24, 2.45) is 7.05 Å². The third kappa shape index (κ3) is 18.7. The van der Waals surface area contributed by atoms with E-state index in [1.165, 1.54) is 28.3 Å². The molecule has 0 aliphatic carbocycles. The Hall–Kier alpha value is -16.6. The SMILES string of the molecule is C#Cc1cc(C)n(-c2ccc(CN3C(=O)Cc4cnc(-c5ccccc5C(C)C)nc43)cc2)n1.CC(C)c1ccccc1-c1ncc2c(n1)N(Cc1ccc(-n3c(=O)ccn3C)cc1)C(=O)C2.COc1ccnn1-c1ccc(CN2C(=O)Cc3cnc(-c4ccccc4C(C)C)nc32)cc1.Cc1cc(C#N)n(-c2ccc(CN3C(=O)Cc4cnc(-c5ccccc5C(C)C)nc43)cc2)n1. The zero-order chi connectivity index (χ0) is 93.7. The summed E-state index contributed by atoms with van der Waals surface area (Å²) in [5, 5.41) is 22.5. The molecule has 0 fully saturated rings. The van der Waals surface area contributed by atoms with Crippen LogP contribution in [0.2, 0.25) is 0 Å². The van der Waals surface area contributed by atoms with Crippen LogP contribution in [0, 0.1) is 37.5 Å². The fourth-order valence-corrected chi connectivity index (χ4v) is 17.2. The van der Waals surface area contributed by atoms with E-state index in [1.54, 1.807) is 88.7 Å². The van der Waals surface area contributed by atoms with Crippen LogP contribution >= 0.6 is 0 Å². The molecule has 0 spiro atoms. The molecule has 0 bridgehead atoms. The molecule has 27 heteroatoms. The third-order valence-electron chi connectivity index (χ3n) is 24.1. The molecule has 0 unspecified atom stereocenters. The Morgan fingerprint density at radius 1 is 0.403 bits per heavy atom. The normalized spacial score (nSPS) is 12.9. The second kappa shape index (κ2) is 38.6. The lowest BCUT2D eigenvalue weighted by Crippen LogP contribution is -2.27. The van der Waals surface area contributed by atoms with E-state index in [9.17, 15) is 29.2 Å². The number of nitrogens with zero attached hydrogens (tertiary/aromatic N) is 21. The molecule has 8 aromatic heterocycles. The number of fused-ring (bicyclic) bond motifs is 4. The van der Waals surface area contributed by atoms with E-state index < -0.39 is 0 Å². The molecule has 20 rings (SSSR count). The average molecular weight is 1780 g/mol. The Bertz CT molecular complexity index is 7290. The van der Waals surface area contributed by atoms with Crippen LogP contribution in [0.5, 0.6) is 5.88 Å². The maximum absolute atomic E-state index is 12.9. The van der Waals surface area contributed by atoms with Crippen molar-refractivity contribution in [1.29, 1.82) is 5.26 Å². The van der Waals surface area contributed by atoms with Gasteiger partial charge in [-0.3, -0.25) is 48.3 Å². The Morgan fingerprint density at radius 2 is 0.731 bits per heavy atom. The minimum absolute atomic E-state index is 0.0105. The fourth-order valence-electron chi connectivity index (χ4n) is 17.2. The predicted octanol–water partition coefficient (Wildman–Crippen LogP) is 18.0. The van der Waals surface area contributed by atoms with Crippen molar-refractivity contribution in [3.63, 3.8) is 0 Å². The van der Waals surface area contributed by atoms with Gasteiger partial charge in [-0.05, 0) is 149 Å². The van der Waals surface area contributed by atoms with Gasteiger partial charge in [0.1, 0.15) is 40.7 Å². The summed E-state index contributed by atoms with van der Waals surface area (Å²) in [4.78, 5) is 108. The highest BCUT2D eigenvalue weighted by Gasteiger charge is 2.35. The van der Waals surface area contributed by atoms with Gasteiger partial charge in [0.25, 0.3) is 5.56 Å². The molecule has 8 aromatic carbocycles. The highest BCUT2D eigenvalue weighted by atomic mass is 16.5. The summed E-state index contributed by atoms with van der Waals surface area (Å²) in [6, 6.07) is 73.1. The molecule has 16 aromatic rings. The first-order valence-electron chi connectivity index (χ1n) is 44.6. The van der Waals surface area contributed by atoms with Crippen LogP contribution in [0.15, 0.2) is 260 Å². The number of aromatic nitrogens is 16. The summed E-state index contributed by atoms with van der Waals surface area (Å²) < 4.78 is 13.8. The first-order chi connectivity index (χ1) is 64.8. The number of rotatable bonds is 21. The number of nitriles is 1. The Labute approximate surface area is 776 Å². The van der Waals surface area contributed by atoms with Crippen molar-refractivity contribution in [3.05, 3.63) is 355 Å². The lowest BCUT2D eigenvalue weighted by atomic mass is 9.97. The standard InChI is InChI=1S/C28H25N5O.C27H24N6O.2C26H25N5O2/c1-5-22-14-19(4)33(31-22)23-12-10-20(11-13-23)17-32-26(34)15-21-16-29-27(30-28(21)32)25-9-7-6-8-24(25)18(2)3;1-17(2)23-6-4-5-7-24(23)26-29-15-20-13-25(34)32(27(20)30-26)16-19-8-10-21(11-9-19)33-22(14-28)12-18(3)31-33;1-17(2)21-6-4-5-7-22(21)25-27-15-19-14-23(32)30(26(19)29-25)16-18-8-10-20(11-9-18)31-24(33-3)12-13-28-31;1-17(2)21-6-4-5-7-22(21)25-27-15-19-14-24(33)30(26(19)28-25)16-18-8-10-20(11-9-18)31-23(32)12-13-29(31)3/h1,6-14,16,18H,15,17H2,2-4H3;4-12,15,17H,13,16H2,1-3H3;2*4-13,15,17H,14,16H2,1-3H3. The van der Waals surface area contributed by atoms with E-state index in [-0.39, 0.29) is 29.2 Å². The number of carbonyl (C=O) groups excluding carboxylic acids is 4. The number of amides is 4. The summed E-state index contributed by atoms with van der Waals surface area (Å²) in [5.41, 5.74) is 22.3. The molecule has 4 aliphatic heterocycles. The maximum Gasteiger partial charge on any atom is 0.271 e. The van der Waals surface area contributed by atoms with Crippen molar-refractivity contribution in [2.45, 2.75) is 145 Å². The van der Waals surface area contributed by atoms with Crippen LogP contribution < -0.4 is 29.9 Å². The van der Waals surface area contributed by atoms with Crippen LogP contribution in [0.4, 0.5) is 23.3 Å². The van der Waals surface area contributed by atoms with Crippen molar-refractivity contribution in [3.8, 4) is 92.6 Å². The van der Waals surface area contributed by atoms with Crippen LogP contribution in [-0.2, 0) is 78.1 Å². The number of ether oxygens (including phenoxy) is 1. The first-order valence-corrected chi connectivity index (χ1v) is 44.6. The second-order valence-electron chi connectivity index (χ2n) is 34.7. The van der Waals surface area contributed by atoms with Crippen molar-refractivity contribution in [1.82, 2.24) is 78.6 Å². The smallest absolute Gasteiger partial charge is 0.271 e. The second-order valence-corrected chi connectivity index (χ2v) is 34.7. The minimum Gasteiger partial charge on any atom is -0.481 e. The molecule has 0 saturated heterocycles. The molecule has 27 nitrogen and oxygen atoms in total. The number of carbonyl (C=O) groups is 4. The monoisotopic (exact) mass is 1770 g/mol. The molecule has 134 heavy (non-hydrogen) atoms. The lowest BCUT2D eigenvalue weighted by Gasteiger charge is -2.18. The molecule has 0 N–H and O–H groups in total. The Kier molecular flexibility index (Phi) is 25.8. The lowest BCUT2D eigenvalue weighted by molar-refractivity contribution is -0.118. The van der Waals surface area contributed by atoms with E-state index in [0.29, 0.717) is 139 Å². The minimum atomic E-state index is -0.0835. The number of terminal acetylenes is 1. The number of methoxy groups -OCH3 is 1. The van der Waals surface area contributed by atoms with Gasteiger partial charge >= 0.3 is 0 Å². The topological polar surface area (TPSA) is 298 Å². The van der Waals surface area contributed by atoms with Gasteiger partial charge in [-0.2, -0.15) is 20.6 Å². The highest BCUT2D eigenvalue weighted by molar-refractivity contribution is 6.03. The van der Waals surface area contributed by atoms with E-state index in [0.717, 1.165) is 101 Å². The summed E-state index contributed by atoms with van der Waals surface area (Å²) in [7, 11) is 3.44. The zero-order valence-corrected chi connectivity index (χ0v) is 76.6. The molecule has 12 heterocycles. The zero-order valence-electron chi connectivity index (χ0n) is 76.6. The first kappa shape index (κ1) is 89.4. The maximum atomic E-state index is 12.9. The molecule has 0 saturated carbocycles. The molecule has 4 aliphatic rings. The van der Waals surface area contributed by atoms with Crippen LogP contribution in [-0.4, -0.2) is 109 Å². The Balaban J connectivity index is 0.000000124. The van der Waals surface area contributed by atoms with Crippen LogP contribution in [0.3, 0.4) is 0 Å². The van der Waals surface area contributed by atoms with Gasteiger partial charge in [-0.1, -0.05) is 201 Å². The Morgan fingerprint density at radius 3 is 1.04 bits per heavy atom. The van der Waals surface area contributed by atoms with Gasteiger partial charge in [-0.25, -0.2) is 58.6 Å². The highest BCUT2D eigenvalue weighted by Crippen LogP contribution is 2.40. The van der Waals surface area contributed by atoms with Crippen LogP contribution in [0.25, 0.3) is 68.3 Å². The van der Waals surface area contributed by atoms with Crippen molar-refractivity contribution < 1.29 is 23.9 Å². The van der Waals surface area contributed by atoms with Gasteiger partial charge in [0.2, 0.25) is 29.5 Å². The van der Waals surface area contributed by atoms with Gasteiger partial charge in [0, 0.05) is 100 Å². The third-order valence-corrected chi connectivity index (χ3v) is 24.1. The number of anilines is 4. The number of benzene rings is 8. The number of hydrogen-bond donors (Lipinski definition) is 0. The number of hydrogen-bond acceptors (Lipinski definition) is 18. The summed E-state index contributed by atoms with van der Waals surface area (Å²) in [6.07, 6.45) is 17.3. The van der Waals surface area contributed by atoms with E-state index in [1.807, 2.05) is 208 Å². The van der Waals surface area contributed by atoms with Gasteiger partial charge in [-0.15, -0.1) is 6.42 Å². The molecule has 0 atom stereocenters. The fraction of sp³-hybridized carbons (Fsp3) is 0.224. The van der Waals surface area contributed by atoms with E-state index in [4.69, 9.17) is 31.1 Å². The van der Waals surface area contributed by atoms with Crippen molar-refractivity contribution >= 4 is 46.9 Å². The van der Waals surface area contributed by atoms with Crippen LogP contribution in [0.1, 0.15) is 169 Å². The predicted molar refractivity (Wildman–Crippen MR) is 516 cm³/mol. The van der Waals surface area contributed by atoms with E-state index in [2.05, 4.69) is 127 Å². The quantitative estimate of drug-likeness (QED) is 0.0604. The average Bonchev–Trinajstić information content (AvgIpc) is 1.63. The van der Waals surface area contributed by atoms with Crippen molar-refractivity contribution in [2.75, 3.05) is 26.7 Å². The van der Waals surface area contributed by atoms with Gasteiger partial charge < -0.3 is 4.74 Å². The van der Waals surface area contributed by atoms with Gasteiger partial charge in [0.05, 0.1) is 93.6 Å². The number of aryl methyl sites for hydroxylation is 3.